The van der Waals surface area contributed by atoms with Crippen molar-refractivity contribution in [3.05, 3.63) is 53.6 Å². The van der Waals surface area contributed by atoms with Crippen molar-refractivity contribution < 1.29 is 24.1 Å². The predicted octanol–water partition coefficient (Wildman–Crippen LogP) is 3.07. The first-order valence-electron chi connectivity index (χ1n) is 7.16. The summed E-state index contributed by atoms with van der Waals surface area (Å²) in [7, 11) is 1.55. The van der Waals surface area contributed by atoms with Gasteiger partial charge in [-0.1, -0.05) is 18.2 Å². The van der Waals surface area contributed by atoms with Crippen LogP contribution in [0.1, 0.15) is 15.9 Å². The molecule has 0 bridgehead atoms. The summed E-state index contributed by atoms with van der Waals surface area (Å²) in [5, 5.41) is 9.42. The molecule has 5 heteroatoms. The fourth-order valence-corrected chi connectivity index (χ4v) is 2.32. The lowest BCUT2D eigenvalue weighted by atomic mass is 10.1. The van der Waals surface area contributed by atoms with Crippen LogP contribution in [0.4, 0.5) is 0 Å². The maximum atomic E-state index is 12.1. The first-order valence-corrected chi connectivity index (χ1v) is 7.16. The Kier molecular flexibility index (Phi) is 4.19. The number of allylic oxidation sites excluding steroid dienone is 1. The third kappa shape index (κ3) is 3.29. The normalized spacial score (nSPS) is 13.1. The molecule has 23 heavy (non-hydrogen) atoms. The van der Waals surface area contributed by atoms with Crippen LogP contribution in [0, 0.1) is 0 Å². The number of fused-ring (bicyclic) bond motifs is 1. The molecule has 0 spiro atoms. The van der Waals surface area contributed by atoms with Gasteiger partial charge in [0.1, 0.15) is 19.0 Å². The van der Waals surface area contributed by atoms with Crippen molar-refractivity contribution in [1.29, 1.82) is 0 Å². The molecule has 0 radical (unpaired) electrons. The molecular formula is C18H16O5. The van der Waals surface area contributed by atoms with Crippen molar-refractivity contribution in [2.24, 2.45) is 0 Å². The van der Waals surface area contributed by atoms with Crippen molar-refractivity contribution in [3.8, 4) is 23.0 Å². The summed E-state index contributed by atoms with van der Waals surface area (Å²) in [5.74, 6) is 1.60. The Hall–Kier alpha value is -2.95. The van der Waals surface area contributed by atoms with E-state index in [1.807, 2.05) is 0 Å². The maximum Gasteiger partial charge on any atom is 0.203 e. The zero-order chi connectivity index (χ0) is 16.2. The largest absolute Gasteiger partial charge is 0.508 e. The van der Waals surface area contributed by atoms with Crippen LogP contribution >= 0.6 is 0 Å². The Morgan fingerprint density at radius 1 is 1.22 bits per heavy atom. The molecule has 0 aliphatic carbocycles. The number of carbonyl (C=O) groups excluding carboxylic acids is 1. The molecule has 118 valence electrons. The number of hydrogen-bond donors (Lipinski definition) is 1. The molecule has 0 fully saturated rings. The minimum absolute atomic E-state index is 0.0604. The lowest BCUT2D eigenvalue weighted by molar-refractivity contribution is 0.104. The van der Waals surface area contributed by atoms with E-state index in [0.29, 0.717) is 36.0 Å². The van der Waals surface area contributed by atoms with Crippen molar-refractivity contribution in [2.75, 3.05) is 20.3 Å². The van der Waals surface area contributed by atoms with Crippen LogP contribution < -0.4 is 14.2 Å². The number of methoxy groups -OCH3 is 1. The lowest BCUT2D eigenvalue weighted by Crippen LogP contribution is -2.16. The molecule has 1 N–H and O–H groups in total. The van der Waals surface area contributed by atoms with E-state index in [1.54, 1.807) is 37.5 Å². The van der Waals surface area contributed by atoms with Crippen LogP contribution in [0.25, 0.3) is 6.08 Å². The van der Waals surface area contributed by atoms with E-state index < -0.39 is 0 Å². The van der Waals surface area contributed by atoms with Gasteiger partial charge in [-0.25, -0.2) is 0 Å². The van der Waals surface area contributed by atoms with Gasteiger partial charge in [0, 0.05) is 5.56 Å². The lowest BCUT2D eigenvalue weighted by Gasteiger charge is -2.20. The number of phenols is 1. The Morgan fingerprint density at radius 3 is 2.83 bits per heavy atom. The van der Waals surface area contributed by atoms with Crippen molar-refractivity contribution in [3.63, 3.8) is 0 Å². The molecule has 0 atom stereocenters. The van der Waals surface area contributed by atoms with Crippen molar-refractivity contribution in [1.82, 2.24) is 0 Å². The van der Waals surface area contributed by atoms with E-state index in [9.17, 15) is 9.90 Å². The van der Waals surface area contributed by atoms with Gasteiger partial charge in [0.2, 0.25) is 5.75 Å². The van der Waals surface area contributed by atoms with Crippen LogP contribution in [-0.4, -0.2) is 31.2 Å². The molecule has 0 saturated carbocycles. The SMILES string of the molecule is COc1cc(C=CC(=O)c2cccc(O)c2)cc2c1OCCO2. The molecular weight excluding hydrogens is 296 g/mol. The standard InChI is InChI=1S/C18H16O5/c1-21-16-9-12(10-17-18(16)23-8-7-22-17)5-6-15(20)13-3-2-4-14(19)11-13/h2-6,9-11,19H,7-8H2,1H3. The summed E-state index contributed by atoms with van der Waals surface area (Å²) in [6.07, 6.45) is 3.12. The van der Waals surface area contributed by atoms with Crippen LogP contribution in [0.15, 0.2) is 42.5 Å². The van der Waals surface area contributed by atoms with E-state index in [1.165, 1.54) is 18.2 Å². The second-order valence-corrected chi connectivity index (χ2v) is 5.00. The molecule has 0 aromatic heterocycles. The first kappa shape index (κ1) is 15.0. The summed E-state index contributed by atoms with van der Waals surface area (Å²) < 4.78 is 16.4. The molecule has 2 aromatic rings. The number of benzene rings is 2. The summed E-state index contributed by atoms with van der Waals surface area (Å²) in [6.45, 7) is 0.958. The predicted molar refractivity (Wildman–Crippen MR) is 85.5 cm³/mol. The molecule has 3 rings (SSSR count). The number of phenolic OH excluding ortho intramolecular Hbond substituents is 1. The summed E-state index contributed by atoms with van der Waals surface area (Å²) in [6, 6.07) is 9.80. The molecule has 1 aliphatic rings. The van der Waals surface area contributed by atoms with Crippen molar-refractivity contribution >= 4 is 11.9 Å². The Balaban J connectivity index is 1.86. The number of rotatable bonds is 4. The quantitative estimate of drug-likeness (QED) is 0.694. The van der Waals surface area contributed by atoms with Crippen molar-refractivity contribution in [2.45, 2.75) is 0 Å². The third-order valence-electron chi connectivity index (χ3n) is 3.41. The Morgan fingerprint density at radius 2 is 2.04 bits per heavy atom. The first-order chi connectivity index (χ1) is 11.2. The van der Waals surface area contributed by atoms with Gasteiger partial charge in [-0.05, 0) is 35.9 Å². The van der Waals surface area contributed by atoms with Gasteiger partial charge in [0.15, 0.2) is 17.3 Å². The fourth-order valence-electron chi connectivity index (χ4n) is 2.32. The van der Waals surface area contributed by atoms with Gasteiger partial charge in [0.05, 0.1) is 7.11 Å². The highest BCUT2D eigenvalue weighted by Gasteiger charge is 2.17. The number of ether oxygens (including phenoxy) is 3. The Labute approximate surface area is 133 Å². The highest BCUT2D eigenvalue weighted by molar-refractivity contribution is 6.07. The summed E-state index contributed by atoms with van der Waals surface area (Å²) in [5.41, 5.74) is 1.19. The topological polar surface area (TPSA) is 65.0 Å². The van der Waals surface area contributed by atoms with Gasteiger partial charge >= 0.3 is 0 Å². The van der Waals surface area contributed by atoms with E-state index in [4.69, 9.17) is 14.2 Å². The summed E-state index contributed by atoms with van der Waals surface area (Å²) >= 11 is 0. The molecule has 2 aromatic carbocycles. The summed E-state index contributed by atoms with van der Waals surface area (Å²) in [4.78, 5) is 12.1. The van der Waals surface area contributed by atoms with Gasteiger partial charge in [-0.2, -0.15) is 0 Å². The fraction of sp³-hybridized carbons (Fsp3) is 0.167. The molecule has 1 heterocycles. The second-order valence-electron chi connectivity index (χ2n) is 5.00. The smallest absolute Gasteiger partial charge is 0.203 e. The highest BCUT2D eigenvalue weighted by Crippen LogP contribution is 2.40. The van der Waals surface area contributed by atoms with Crippen LogP contribution in [-0.2, 0) is 0 Å². The second kappa shape index (κ2) is 6.44. The molecule has 0 saturated heterocycles. The van der Waals surface area contributed by atoms with E-state index >= 15 is 0 Å². The van der Waals surface area contributed by atoms with Crippen LogP contribution in [0.5, 0.6) is 23.0 Å². The molecule has 5 nitrogen and oxygen atoms in total. The van der Waals surface area contributed by atoms with E-state index in [0.717, 1.165) is 5.56 Å². The molecule has 1 aliphatic heterocycles. The molecule has 0 unspecified atom stereocenters. The zero-order valence-electron chi connectivity index (χ0n) is 12.6. The van der Waals surface area contributed by atoms with Gasteiger partial charge < -0.3 is 19.3 Å². The number of hydrogen-bond acceptors (Lipinski definition) is 5. The van der Waals surface area contributed by atoms with Crippen LogP contribution in [0.2, 0.25) is 0 Å². The van der Waals surface area contributed by atoms with Crippen LogP contribution in [0.3, 0.4) is 0 Å². The minimum atomic E-state index is -0.199. The van der Waals surface area contributed by atoms with Gasteiger partial charge in [0.25, 0.3) is 0 Å². The number of carbonyl (C=O) groups is 1. The minimum Gasteiger partial charge on any atom is -0.508 e. The van der Waals surface area contributed by atoms with Gasteiger partial charge in [-0.3, -0.25) is 4.79 Å². The van der Waals surface area contributed by atoms with E-state index in [2.05, 4.69) is 0 Å². The van der Waals surface area contributed by atoms with Gasteiger partial charge in [-0.15, -0.1) is 0 Å². The zero-order valence-corrected chi connectivity index (χ0v) is 12.6. The average Bonchev–Trinajstić information content (AvgIpc) is 2.58. The average molecular weight is 312 g/mol. The monoisotopic (exact) mass is 312 g/mol. The van der Waals surface area contributed by atoms with E-state index in [-0.39, 0.29) is 11.5 Å². The Bertz CT molecular complexity index is 747. The molecule has 0 amide bonds. The number of aromatic hydroxyl groups is 1. The highest BCUT2D eigenvalue weighted by atomic mass is 16.6. The third-order valence-corrected chi connectivity index (χ3v) is 3.41. The maximum absolute atomic E-state index is 12.1. The number of ketones is 1.